The van der Waals surface area contributed by atoms with E-state index >= 15 is 0 Å². The maximum atomic E-state index is 13.0. The molecule has 0 aliphatic rings. The Bertz CT molecular complexity index is 1160. The summed E-state index contributed by atoms with van der Waals surface area (Å²) in [5, 5.41) is 13.2. The largest absolute Gasteiger partial charge is 0.345 e. The topological polar surface area (TPSA) is 111 Å². The number of rotatable bonds is 8. The maximum Gasteiger partial charge on any atom is 0.252 e. The second kappa shape index (κ2) is 11.9. The Morgan fingerprint density at radius 2 is 1.72 bits per heavy atom. The molecule has 1 atom stereocenters. The lowest BCUT2D eigenvalue weighted by Crippen LogP contribution is -2.41. The lowest BCUT2D eigenvalue weighted by atomic mass is 10.00. The maximum absolute atomic E-state index is 13.0. The molecule has 0 aliphatic heterocycles. The number of hydrogen-bond acceptors (Lipinski definition) is 4. The minimum atomic E-state index is -0.590. The van der Waals surface area contributed by atoms with E-state index in [-0.39, 0.29) is 24.8 Å². The second-order valence-corrected chi connectivity index (χ2v) is 7.10. The van der Waals surface area contributed by atoms with Crippen LogP contribution in [0.1, 0.15) is 35.7 Å². The molecule has 0 radical (unpaired) electrons. The number of hydrazine groups is 1. The van der Waals surface area contributed by atoms with Gasteiger partial charge in [-0.15, -0.1) is 0 Å². The minimum Gasteiger partial charge on any atom is -0.345 e. The van der Waals surface area contributed by atoms with Crippen molar-refractivity contribution in [1.82, 2.24) is 16.2 Å². The molecule has 7 nitrogen and oxygen atoms in total. The fraction of sp³-hybridized carbons (Fsp3) is 0.200. The van der Waals surface area contributed by atoms with Crippen LogP contribution in [-0.2, 0) is 16.0 Å². The third-order valence-corrected chi connectivity index (χ3v) is 4.83. The number of carbonyl (C=O) groups excluding carboxylic acids is 3. The van der Waals surface area contributed by atoms with E-state index in [1.54, 1.807) is 36.4 Å². The Labute approximate surface area is 187 Å². The van der Waals surface area contributed by atoms with Crippen molar-refractivity contribution in [2.45, 2.75) is 32.2 Å². The van der Waals surface area contributed by atoms with Crippen molar-refractivity contribution in [2.75, 3.05) is 0 Å². The van der Waals surface area contributed by atoms with Crippen molar-refractivity contribution in [1.29, 1.82) is 5.26 Å². The molecule has 2 aromatic carbocycles. The van der Waals surface area contributed by atoms with Crippen LogP contribution in [0.2, 0.25) is 0 Å². The first-order valence-corrected chi connectivity index (χ1v) is 10.1. The summed E-state index contributed by atoms with van der Waals surface area (Å²) < 4.78 is 0. The number of amides is 3. The van der Waals surface area contributed by atoms with Gasteiger partial charge in [0.15, 0.2) is 0 Å². The Morgan fingerprint density at radius 1 is 1.06 bits per heavy atom. The highest BCUT2D eigenvalue weighted by Gasteiger charge is 2.16. The zero-order valence-electron chi connectivity index (χ0n) is 18.0. The van der Waals surface area contributed by atoms with E-state index in [0.717, 1.165) is 16.0 Å². The van der Waals surface area contributed by atoms with Crippen molar-refractivity contribution in [3.8, 4) is 6.07 Å². The van der Waals surface area contributed by atoms with Gasteiger partial charge >= 0.3 is 0 Å². The first kappa shape index (κ1) is 24.1. The van der Waals surface area contributed by atoms with Gasteiger partial charge in [-0.3, -0.25) is 25.2 Å². The summed E-state index contributed by atoms with van der Waals surface area (Å²) in [5.74, 6) is -1.28. The molecule has 0 aromatic heterocycles. The summed E-state index contributed by atoms with van der Waals surface area (Å²) >= 11 is 0. The summed E-state index contributed by atoms with van der Waals surface area (Å²) in [5.41, 5.74) is 6.44. The zero-order valence-corrected chi connectivity index (χ0v) is 18.0. The molecule has 0 bridgehead atoms. The molecular weight excluding hydrogens is 404 g/mol. The summed E-state index contributed by atoms with van der Waals surface area (Å²) in [4.78, 5) is 36.2. The molecule has 0 aliphatic carbocycles. The highest BCUT2D eigenvalue weighted by Crippen LogP contribution is 2.13. The van der Waals surface area contributed by atoms with E-state index in [1.807, 2.05) is 31.2 Å². The molecule has 164 valence electrons. The smallest absolute Gasteiger partial charge is 0.252 e. The van der Waals surface area contributed by atoms with Crippen molar-refractivity contribution >= 4 is 29.9 Å². The van der Waals surface area contributed by atoms with E-state index in [0.29, 0.717) is 17.5 Å². The van der Waals surface area contributed by atoms with Crippen molar-refractivity contribution in [3.63, 3.8) is 0 Å². The van der Waals surface area contributed by atoms with Gasteiger partial charge in [0.1, 0.15) is 6.42 Å². The lowest BCUT2D eigenvalue weighted by Gasteiger charge is -2.17. The van der Waals surface area contributed by atoms with Crippen molar-refractivity contribution in [3.05, 3.63) is 82.8 Å². The number of nitriles is 1. The standard InChI is InChI=1S/C25H26N4O3/c1-4-20(21-11-7-5-9-17(21)2)18(3)27-25(32)22-12-8-6-10-19(22)13-14-23(30)28-29-24(31)15-16-26/h4-12,18H,1-2,13-15H2,3H3,(H,27,32)(H,28,30)(H,29,31)/b21-20+. The summed E-state index contributed by atoms with van der Waals surface area (Å²) in [7, 11) is 0. The van der Waals surface area contributed by atoms with Crippen LogP contribution >= 0.6 is 0 Å². The Kier molecular flexibility index (Phi) is 8.93. The first-order chi connectivity index (χ1) is 15.4. The SMILES string of the molecule is C=C/C(=c1/ccccc1=C)C(C)NC(=O)c1ccccc1CCC(=O)NNC(=O)CC#N. The molecule has 0 saturated carbocycles. The van der Waals surface area contributed by atoms with Crippen LogP contribution in [-0.4, -0.2) is 23.8 Å². The molecular formula is C25H26N4O3. The van der Waals surface area contributed by atoms with Gasteiger partial charge in [-0.2, -0.15) is 5.26 Å². The number of nitrogens with one attached hydrogen (secondary N) is 3. The van der Waals surface area contributed by atoms with Crippen LogP contribution in [0.25, 0.3) is 12.2 Å². The van der Waals surface area contributed by atoms with Gasteiger partial charge in [0, 0.05) is 12.0 Å². The van der Waals surface area contributed by atoms with Gasteiger partial charge in [0.2, 0.25) is 5.91 Å². The fourth-order valence-electron chi connectivity index (χ4n) is 3.20. The van der Waals surface area contributed by atoms with Gasteiger partial charge < -0.3 is 5.32 Å². The number of aryl methyl sites for hydroxylation is 1. The van der Waals surface area contributed by atoms with E-state index < -0.39 is 11.8 Å². The first-order valence-electron chi connectivity index (χ1n) is 10.1. The van der Waals surface area contributed by atoms with E-state index in [4.69, 9.17) is 5.26 Å². The van der Waals surface area contributed by atoms with Crippen LogP contribution in [0.5, 0.6) is 0 Å². The van der Waals surface area contributed by atoms with E-state index in [1.165, 1.54) is 0 Å². The van der Waals surface area contributed by atoms with Crippen LogP contribution in [0.15, 0.2) is 61.2 Å². The third kappa shape index (κ3) is 6.67. The summed E-state index contributed by atoms with van der Waals surface area (Å²) in [6.45, 7) is 9.79. The number of nitrogens with zero attached hydrogens (tertiary/aromatic N) is 1. The molecule has 0 fully saturated rings. The Morgan fingerprint density at radius 3 is 2.41 bits per heavy atom. The zero-order chi connectivity index (χ0) is 23.5. The fourth-order valence-corrected chi connectivity index (χ4v) is 3.20. The summed E-state index contributed by atoms with van der Waals surface area (Å²) in [6, 6.07) is 16.1. The molecule has 32 heavy (non-hydrogen) atoms. The number of hydrogen-bond donors (Lipinski definition) is 3. The minimum absolute atomic E-state index is 0.0611. The third-order valence-electron chi connectivity index (χ3n) is 4.83. The van der Waals surface area contributed by atoms with Crippen LogP contribution in [0.4, 0.5) is 0 Å². The van der Waals surface area contributed by atoms with Crippen LogP contribution in [0, 0.1) is 11.3 Å². The highest BCUT2D eigenvalue weighted by molar-refractivity contribution is 5.97. The van der Waals surface area contributed by atoms with E-state index in [9.17, 15) is 14.4 Å². The van der Waals surface area contributed by atoms with E-state index in [2.05, 4.69) is 29.3 Å². The normalized spacial score (nSPS) is 12.0. The second-order valence-electron chi connectivity index (χ2n) is 7.10. The Hall–Kier alpha value is -4.18. The molecule has 0 spiro atoms. The predicted molar refractivity (Wildman–Crippen MR) is 123 cm³/mol. The Balaban J connectivity index is 2.10. The molecule has 7 heteroatoms. The van der Waals surface area contributed by atoms with Crippen molar-refractivity contribution < 1.29 is 14.4 Å². The van der Waals surface area contributed by atoms with Gasteiger partial charge in [0.25, 0.3) is 11.8 Å². The molecule has 0 saturated heterocycles. The van der Waals surface area contributed by atoms with Crippen LogP contribution < -0.4 is 26.6 Å². The molecule has 2 aromatic rings. The predicted octanol–water partition coefficient (Wildman–Crippen LogP) is 1.25. The summed E-state index contributed by atoms with van der Waals surface area (Å²) in [6.07, 6.45) is 1.73. The number of benzene rings is 2. The van der Waals surface area contributed by atoms with Crippen molar-refractivity contribution in [2.24, 2.45) is 0 Å². The average molecular weight is 431 g/mol. The quantitative estimate of drug-likeness (QED) is 0.547. The monoisotopic (exact) mass is 430 g/mol. The molecule has 0 heterocycles. The molecule has 3 N–H and O–H groups in total. The molecule has 2 rings (SSSR count). The van der Waals surface area contributed by atoms with Gasteiger partial charge in [-0.25, -0.2) is 0 Å². The van der Waals surface area contributed by atoms with Gasteiger partial charge in [-0.05, 0) is 41.0 Å². The lowest BCUT2D eigenvalue weighted by molar-refractivity contribution is -0.128. The molecule has 3 amide bonds. The van der Waals surface area contributed by atoms with Gasteiger partial charge in [-0.1, -0.05) is 61.7 Å². The molecule has 1 unspecified atom stereocenters. The average Bonchev–Trinajstić information content (AvgIpc) is 2.78. The van der Waals surface area contributed by atoms with Crippen LogP contribution in [0.3, 0.4) is 0 Å². The van der Waals surface area contributed by atoms with Gasteiger partial charge in [0.05, 0.1) is 12.1 Å². The highest BCUT2D eigenvalue weighted by atomic mass is 16.2. The number of carbonyl (C=O) groups is 3.